The summed E-state index contributed by atoms with van der Waals surface area (Å²) in [6.07, 6.45) is 0. The number of hydrogen-bond acceptors (Lipinski definition) is 2. The lowest BCUT2D eigenvalue weighted by atomic mass is 9.86. The Bertz CT molecular complexity index is 474. The molecule has 2 rings (SSSR count). The molecule has 0 saturated heterocycles. The van der Waals surface area contributed by atoms with Crippen LogP contribution in [0.15, 0.2) is 24.3 Å². The molecule has 1 radical (unpaired) electrons. The van der Waals surface area contributed by atoms with E-state index in [1.807, 2.05) is 0 Å². The Labute approximate surface area is 101 Å². The standard InChI is InChI=1S/C14H16NS/c1-10-13(15-9-16-10)11-5-7-12(8-6-11)14(2,3)4/h5-8H,1-4H3. The van der Waals surface area contributed by atoms with Crippen molar-refractivity contribution >= 4 is 11.3 Å². The molecule has 0 aliphatic rings. The molecule has 0 bridgehead atoms. The molecule has 2 aromatic rings. The fourth-order valence-corrected chi connectivity index (χ4v) is 2.19. The van der Waals surface area contributed by atoms with Crippen LogP contribution in [0.1, 0.15) is 31.2 Å². The minimum atomic E-state index is 0.210. The van der Waals surface area contributed by atoms with Crippen molar-refractivity contribution in [2.45, 2.75) is 33.1 Å². The van der Waals surface area contributed by atoms with Gasteiger partial charge in [-0.3, -0.25) is 0 Å². The topological polar surface area (TPSA) is 12.9 Å². The minimum absolute atomic E-state index is 0.210. The molecule has 1 heterocycles. The Balaban J connectivity index is 2.37. The van der Waals surface area contributed by atoms with E-state index in [0.29, 0.717) is 0 Å². The van der Waals surface area contributed by atoms with Crippen molar-refractivity contribution in [3.05, 3.63) is 40.2 Å². The van der Waals surface area contributed by atoms with E-state index in [1.54, 1.807) is 11.3 Å². The second kappa shape index (κ2) is 4.02. The molecular weight excluding hydrogens is 214 g/mol. The van der Waals surface area contributed by atoms with Crippen LogP contribution in [-0.4, -0.2) is 4.98 Å². The van der Waals surface area contributed by atoms with Crippen molar-refractivity contribution in [3.63, 3.8) is 0 Å². The van der Waals surface area contributed by atoms with Crippen LogP contribution in [0.2, 0.25) is 0 Å². The minimum Gasteiger partial charge on any atom is -0.233 e. The summed E-state index contributed by atoms with van der Waals surface area (Å²) in [5.74, 6) is 0. The highest BCUT2D eigenvalue weighted by Crippen LogP contribution is 2.27. The van der Waals surface area contributed by atoms with Gasteiger partial charge in [0, 0.05) is 10.4 Å². The van der Waals surface area contributed by atoms with Crippen molar-refractivity contribution in [2.75, 3.05) is 0 Å². The summed E-state index contributed by atoms with van der Waals surface area (Å²) in [6, 6.07) is 8.68. The normalized spacial score (nSPS) is 11.8. The van der Waals surface area contributed by atoms with Gasteiger partial charge in [0.05, 0.1) is 5.69 Å². The first-order valence-corrected chi connectivity index (χ1v) is 6.24. The van der Waals surface area contributed by atoms with E-state index in [9.17, 15) is 0 Å². The monoisotopic (exact) mass is 230 g/mol. The number of hydrogen-bond donors (Lipinski definition) is 0. The number of rotatable bonds is 1. The Hall–Kier alpha value is -1.15. The van der Waals surface area contributed by atoms with Crippen molar-refractivity contribution in [1.82, 2.24) is 4.98 Å². The fourth-order valence-electron chi connectivity index (χ4n) is 1.66. The summed E-state index contributed by atoms with van der Waals surface area (Å²) in [4.78, 5) is 5.50. The van der Waals surface area contributed by atoms with Crippen LogP contribution < -0.4 is 0 Å². The summed E-state index contributed by atoms with van der Waals surface area (Å²) in [5.41, 5.74) is 6.74. The van der Waals surface area contributed by atoms with E-state index in [0.717, 1.165) is 5.69 Å². The van der Waals surface area contributed by atoms with Crippen LogP contribution >= 0.6 is 11.3 Å². The highest BCUT2D eigenvalue weighted by atomic mass is 32.1. The van der Waals surface area contributed by atoms with Gasteiger partial charge in [-0.25, -0.2) is 4.98 Å². The second-order valence-corrected chi connectivity index (χ2v) is 6.04. The largest absolute Gasteiger partial charge is 0.233 e. The molecule has 0 atom stereocenters. The lowest BCUT2D eigenvalue weighted by Gasteiger charge is -2.19. The van der Waals surface area contributed by atoms with Crippen molar-refractivity contribution in [3.8, 4) is 11.3 Å². The summed E-state index contributed by atoms with van der Waals surface area (Å²) in [6.45, 7) is 8.76. The van der Waals surface area contributed by atoms with Gasteiger partial charge in [-0.2, -0.15) is 0 Å². The Kier molecular flexibility index (Phi) is 2.85. The number of nitrogens with zero attached hydrogens (tertiary/aromatic N) is 1. The number of benzene rings is 1. The van der Waals surface area contributed by atoms with Gasteiger partial charge in [0.15, 0.2) is 5.51 Å². The lowest BCUT2D eigenvalue weighted by molar-refractivity contribution is 0.590. The third-order valence-corrected chi connectivity index (χ3v) is 3.40. The first-order valence-electron chi connectivity index (χ1n) is 5.43. The zero-order valence-electron chi connectivity index (χ0n) is 10.2. The van der Waals surface area contributed by atoms with Crippen LogP contribution in [-0.2, 0) is 5.41 Å². The van der Waals surface area contributed by atoms with Crippen LogP contribution in [0, 0.1) is 12.4 Å². The predicted octanol–water partition coefficient (Wildman–Crippen LogP) is 4.22. The van der Waals surface area contributed by atoms with Gasteiger partial charge in [0.1, 0.15) is 0 Å². The van der Waals surface area contributed by atoms with E-state index < -0.39 is 0 Å². The van der Waals surface area contributed by atoms with Crippen molar-refractivity contribution in [1.29, 1.82) is 0 Å². The molecule has 0 amide bonds. The van der Waals surface area contributed by atoms with Crippen LogP contribution in [0.5, 0.6) is 0 Å². The van der Waals surface area contributed by atoms with E-state index >= 15 is 0 Å². The van der Waals surface area contributed by atoms with E-state index in [2.05, 4.69) is 62.5 Å². The van der Waals surface area contributed by atoms with Gasteiger partial charge < -0.3 is 0 Å². The van der Waals surface area contributed by atoms with Gasteiger partial charge >= 0.3 is 0 Å². The molecule has 0 aliphatic heterocycles. The molecule has 0 spiro atoms. The molecule has 0 saturated carbocycles. The van der Waals surface area contributed by atoms with Gasteiger partial charge in [-0.15, -0.1) is 11.3 Å². The number of thiazole rings is 1. The molecule has 0 aliphatic carbocycles. The maximum atomic E-state index is 4.27. The smallest absolute Gasteiger partial charge is 0.153 e. The van der Waals surface area contributed by atoms with Crippen LogP contribution in [0.3, 0.4) is 0 Å². The summed E-state index contributed by atoms with van der Waals surface area (Å²) in [5, 5.41) is 0. The lowest BCUT2D eigenvalue weighted by Crippen LogP contribution is -2.10. The third kappa shape index (κ3) is 2.17. The van der Waals surface area contributed by atoms with Gasteiger partial charge in [0.2, 0.25) is 0 Å². The molecule has 2 heteroatoms. The van der Waals surface area contributed by atoms with E-state index in [-0.39, 0.29) is 5.41 Å². The molecule has 0 fully saturated rings. The maximum absolute atomic E-state index is 4.27. The molecule has 0 N–H and O–H groups in total. The van der Waals surface area contributed by atoms with Gasteiger partial charge in [-0.1, -0.05) is 45.0 Å². The van der Waals surface area contributed by atoms with E-state index in [4.69, 9.17) is 0 Å². The first-order chi connectivity index (χ1) is 7.48. The Morgan fingerprint density at radius 3 is 2.19 bits per heavy atom. The van der Waals surface area contributed by atoms with Crippen molar-refractivity contribution < 1.29 is 0 Å². The summed E-state index contributed by atoms with van der Waals surface area (Å²) in [7, 11) is 0. The number of aryl methyl sites for hydroxylation is 1. The van der Waals surface area contributed by atoms with Gasteiger partial charge in [-0.05, 0) is 17.9 Å². The summed E-state index contributed by atoms with van der Waals surface area (Å²) >= 11 is 1.57. The quantitative estimate of drug-likeness (QED) is 0.715. The van der Waals surface area contributed by atoms with Crippen LogP contribution in [0.4, 0.5) is 0 Å². The summed E-state index contributed by atoms with van der Waals surface area (Å²) < 4.78 is 0. The molecule has 83 valence electrons. The average Bonchev–Trinajstić information content (AvgIpc) is 2.63. The molecule has 1 nitrogen and oxygen atoms in total. The molecule has 0 unspecified atom stereocenters. The maximum Gasteiger partial charge on any atom is 0.153 e. The first kappa shape index (κ1) is 11.3. The van der Waals surface area contributed by atoms with E-state index in [1.165, 1.54) is 16.0 Å². The Morgan fingerprint density at radius 2 is 1.75 bits per heavy atom. The zero-order chi connectivity index (χ0) is 11.8. The third-order valence-electron chi connectivity index (χ3n) is 2.71. The molecule has 1 aromatic carbocycles. The van der Waals surface area contributed by atoms with Crippen LogP contribution in [0.25, 0.3) is 11.3 Å². The molecular formula is C14H16NS. The highest BCUT2D eigenvalue weighted by molar-refractivity contribution is 7.09. The average molecular weight is 230 g/mol. The Morgan fingerprint density at radius 1 is 1.12 bits per heavy atom. The molecule has 16 heavy (non-hydrogen) atoms. The number of aromatic nitrogens is 1. The second-order valence-electron chi connectivity index (χ2n) is 5.04. The SMILES string of the molecule is Cc1s[c]nc1-c1ccc(C(C)(C)C)cc1. The van der Waals surface area contributed by atoms with Gasteiger partial charge in [0.25, 0.3) is 0 Å². The zero-order valence-corrected chi connectivity index (χ0v) is 11.0. The highest BCUT2D eigenvalue weighted by Gasteiger charge is 2.13. The predicted molar refractivity (Wildman–Crippen MR) is 69.8 cm³/mol. The molecule has 1 aromatic heterocycles. The fraction of sp³-hybridized carbons (Fsp3) is 0.357. The van der Waals surface area contributed by atoms with Crippen molar-refractivity contribution in [2.24, 2.45) is 0 Å².